The van der Waals surface area contributed by atoms with Crippen LogP contribution in [0.5, 0.6) is 0 Å². The first kappa shape index (κ1) is 19.3. The monoisotopic (exact) mass is 359 g/mol. The summed E-state index contributed by atoms with van der Waals surface area (Å²) in [4.78, 5) is 17.1. The van der Waals surface area contributed by atoms with Gasteiger partial charge in [0.1, 0.15) is 0 Å². The smallest absolute Gasteiger partial charge is 0.220 e. The summed E-state index contributed by atoms with van der Waals surface area (Å²) in [6.45, 7) is 7.46. The SMILES string of the molecule is CN1CCOC[C@@H](CNC(=O)CC2CCN(Cc3ccccc3)CC2)C1. The zero-order valence-electron chi connectivity index (χ0n) is 16.0. The van der Waals surface area contributed by atoms with Crippen molar-refractivity contribution in [3.8, 4) is 0 Å². The van der Waals surface area contributed by atoms with E-state index in [1.165, 1.54) is 5.56 Å². The number of carbonyl (C=O) groups is 1. The third kappa shape index (κ3) is 6.38. The molecule has 1 amide bonds. The summed E-state index contributed by atoms with van der Waals surface area (Å²) in [5.41, 5.74) is 1.37. The molecule has 1 aromatic rings. The van der Waals surface area contributed by atoms with Gasteiger partial charge in [0.15, 0.2) is 0 Å². The summed E-state index contributed by atoms with van der Waals surface area (Å²) in [5, 5.41) is 3.14. The molecular formula is C21H33N3O2. The van der Waals surface area contributed by atoms with Crippen LogP contribution in [0.15, 0.2) is 30.3 Å². The molecule has 0 aliphatic carbocycles. The van der Waals surface area contributed by atoms with E-state index in [4.69, 9.17) is 4.74 Å². The molecule has 0 bridgehead atoms. The van der Waals surface area contributed by atoms with Crippen LogP contribution in [0.25, 0.3) is 0 Å². The number of nitrogens with one attached hydrogen (secondary N) is 1. The number of rotatable bonds is 6. The van der Waals surface area contributed by atoms with Crippen molar-refractivity contribution in [2.75, 3.05) is 53.0 Å². The molecule has 2 fully saturated rings. The number of amides is 1. The highest BCUT2D eigenvalue weighted by Gasteiger charge is 2.22. The van der Waals surface area contributed by atoms with Gasteiger partial charge in [0.25, 0.3) is 0 Å². The number of hydrogen-bond acceptors (Lipinski definition) is 4. The first-order chi connectivity index (χ1) is 12.7. The number of likely N-dealkylation sites (N-methyl/N-ethyl adjacent to an activating group) is 1. The fourth-order valence-corrected chi connectivity index (χ4v) is 3.96. The Hall–Kier alpha value is -1.43. The van der Waals surface area contributed by atoms with Crippen LogP contribution in [0.2, 0.25) is 0 Å². The van der Waals surface area contributed by atoms with Crippen molar-refractivity contribution in [1.29, 1.82) is 0 Å². The van der Waals surface area contributed by atoms with Gasteiger partial charge in [-0.1, -0.05) is 30.3 Å². The van der Waals surface area contributed by atoms with Crippen LogP contribution in [0.3, 0.4) is 0 Å². The van der Waals surface area contributed by atoms with Crippen LogP contribution >= 0.6 is 0 Å². The Morgan fingerprint density at radius 2 is 1.92 bits per heavy atom. The molecule has 5 heteroatoms. The van der Waals surface area contributed by atoms with Crippen molar-refractivity contribution >= 4 is 5.91 Å². The first-order valence-electron chi connectivity index (χ1n) is 9.98. The molecule has 3 rings (SSSR count). The van der Waals surface area contributed by atoms with Crippen LogP contribution in [-0.2, 0) is 16.1 Å². The molecule has 5 nitrogen and oxygen atoms in total. The van der Waals surface area contributed by atoms with Crippen molar-refractivity contribution in [3.63, 3.8) is 0 Å². The molecule has 1 N–H and O–H groups in total. The van der Waals surface area contributed by atoms with Gasteiger partial charge in [0, 0.05) is 38.5 Å². The van der Waals surface area contributed by atoms with E-state index < -0.39 is 0 Å². The van der Waals surface area contributed by atoms with E-state index in [0.717, 1.165) is 65.3 Å². The Morgan fingerprint density at radius 1 is 1.15 bits per heavy atom. The second-order valence-electron chi connectivity index (χ2n) is 7.92. The number of ether oxygens (including phenoxy) is 1. The largest absolute Gasteiger partial charge is 0.380 e. The number of hydrogen-bond donors (Lipinski definition) is 1. The number of carbonyl (C=O) groups excluding carboxylic acids is 1. The Balaban J connectivity index is 1.33. The van der Waals surface area contributed by atoms with Gasteiger partial charge >= 0.3 is 0 Å². The average Bonchev–Trinajstić information content (AvgIpc) is 2.86. The zero-order chi connectivity index (χ0) is 18.2. The van der Waals surface area contributed by atoms with Gasteiger partial charge in [0.05, 0.1) is 13.2 Å². The number of benzene rings is 1. The maximum absolute atomic E-state index is 12.3. The van der Waals surface area contributed by atoms with Crippen molar-refractivity contribution in [3.05, 3.63) is 35.9 Å². The molecule has 0 aromatic heterocycles. The molecule has 0 unspecified atom stereocenters. The lowest BCUT2D eigenvalue weighted by atomic mass is 9.93. The fourth-order valence-electron chi connectivity index (χ4n) is 3.96. The van der Waals surface area contributed by atoms with E-state index >= 15 is 0 Å². The summed E-state index contributed by atoms with van der Waals surface area (Å²) in [6, 6.07) is 10.6. The van der Waals surface area contributed by atoms with Crippen molar-refractivity contribution in [2.45, 2.75) is 25.8 Å². The Kier molecular flexibility index (Phi) is 7.47. The standard InChI is InChI=1S/C21H33N3O2/c1-23-11-12-26-17-20(15-23)14-22-21(25)13-18-7-9-24(10-8-18)16-19-5-3-2-4-6-19/h2-6,18,20H,7-17H2,1H3,(H,22,25)/t20-/m0/s1. The molecule has 1 atom stereocenters. The van der Waals surface area contributed by atoms with Gasteiger partial charge in [-0.3, -0.25) is 9.69 Å². The molecule has 2 aliphatic rings. The van der Waals surface area contributed by atoms with E-state index in [9.17, 15) is 4.79 Å². The van der Waals surface area contributed by atoms with Crippen molar-refractivity contribution in [2.24, 2.45) is 11.8 Å². The molecule has 0 saturated carbocycles. The second-order valence-corrected chi connectivity index (χ2v) is 7.92. The summed E-state index contributed by atoms with van der Waals surface area (Å²) in [6.07, 6.45) is 2.91. The van der Waals surface area contributed by atoms with E-state index in [1.54, 1.807) is 0 Å². The maximum atomic E-state index is 12.3. The van der Waals surface area contributed by atoms with Gasteiger partial charge < -0.3 is 15.0 Å². The van der Waals surface area contributed by atoms with Crippen LogP contribution < -0.4 is 5.32 Å². The van der Waals surface area contributed by atoms with Crippen LogP contribution in [-0.4, -0.2) is 68.7 Å². The van der Waals surface area contributed by atoms with Crippen molar-refractivity contribution < 1.29 is 9.53 Å². The van der Waals surface area contributed by atoms with Crippen molar-refractivity contribution in [1.82, 2.24) is 15.1 Å². The second kappa shape index (κ2) is 10.0. The molecule has 144 valence electrons. The third-order valence-electron chi connectivity index (χ3n) is 5.56. The Morgan fingerprint density at radius 3 is 2.69 bits per heavy atom. The number of likely N-dealkylation sites (tertiary alicyclic amines) is 1. The molecule has 0 radical (unpaired) electrons. The Labute approximate surface area is 157 Å². The summed E-state index contributed by atoms with van der Waals surface area (Å²) < 4.78 is 5.62. The number of piperidine rings is 1. The van der Waals surface area contributed by atoms with Gasteiger partial charge in [0.2, 0.25) is 5.91 Å². The molecule has 2 saturated heterocycles. The predicted octanol–water partition coefficient (Wildman–Crippen LogP) is 1.98. The van der Waals surface area contributed by atoms with Crippen LogP contribution in [0.1, 0.15) is 24.8 Å². The molecule has 2 aliphatic heterocycles. The summed E-state index contributed by atoms with van der Waals surface area (Å²) in [5.74, 6) is 1.13. The minimum atomic E-state index is 0.207. The quantitative estimate of drug-likeness (QED) is 0.844. The van der Waals surface area contributed by atoms with E-state index in [2.05, 4.69) is 52.5 Å². The lowest BCUT2D eigenvalue weighted by Gasteiger charge is -2.31. The minimum Gasteiger partial charge on any atom is -0.380 e. The third-order valence-corrected chi connectivity index (χ3v) is 5.56. The average molecular weight is 360 g/mol. The zero-order valence-corrected chi connectivity index (χ0v) is 16.0. The van der Waals surface area contributed by atoms with Gasteiger partial charge in [-0.2, -0.15) is 0 Å². The minimum absolute atomic E-state index is 0.207. The maximum Gasteiger partial charge on any atom is 0.220 e. The highest BCUT2D eigenvalue weighted by atomic mass is 16.5. The van der Waals surface area contributed by atoms with Crippen LogP contribution in [0, 0.1) is 11.8 Å². The molecule has 0 spiro atoms. The molecule has 26 heavy (non-hydrogen) atoms. The first-order valence-corrected chi connectivity index (χ1v) is 9.98. The molecule has 2 heterocycles. The van der Waals surface area contributed by atoms with E-state index in [1.807, 2.05) is 0 Å². The Bertz CT molecular complexity index is 543. The van der Waals surface area contributed by atoms with Gasteiger partial charge in [-0.05, 0) is 44.5 Å². The summed E-state index contributed by atoms with van der Waals surface area (Å²) in [7, 11) is 2.12. The highest BCUT2D eigenvalue weighted by molar-refractivity contribution is 5.76. The van der Waals surface area contributed by atoms with Crippen LogP contribution in [0.4, 0.5) is 0 Å². The van der Waals surface area contributed by atoms with Gasteiger partial charge in [-0.15, -0.1) is 0 Å². The van der Waals surface area contributed by atoms with Gasteiger partial charge in [-0.25, -0.2) is 0 Å². The number of nitrogens with zero attached hydrogens (tertiary/aromatic N) is 2. The highest BCUT2D eigenvalue weighted by Crippen LogP contribution is 2.21. The normalized spacial score (nSPS) is 23.5. The summed E-state index contributed by atoms with van der Waals surface area (Å²) >= 11 is 0. The predicted molar refractivity (Wildman–Crippen MR) is 104 cm³/mol. The van der Waals surface area contributed by atoms with E-state index in [-0.39, 0.29) is 5.91 Å². The lowest BCUT2D eigenvalue weighted by Crippen LogP contribution is -2.38. The lowest BCUT2D eigenvalue weighted by molar-refractivity contribution is -0.122. The fraction of sp³-hybridized carbons (Fsp3) is 0.667. The molecular weight excluding hydrogens is 326 g/mol. The molecule has 1 aromatic carbocycles. The van der Waals surface area contributed by atoms with E-state index in [0.29, 0.717) is 18.3 Å². The topological polar surface area (TPSA) is 44.8 Å².